The Morgan fingerprint density at radius 1 is 1.17 bits per heavy atom. The largest absolute Gasteiger partial charge is 0.374 e. The monoisotopic (exact) mass is 410 g/mol. The topological polar surface area (TPSA) is 27.1 Å². The van der Waals surface area contributed by atoms with Gasteiger partial charge in [-0.25, -0.2) is 9.07 Å². The highest BCUT2D eigenvalue weighted by molar-refractivity contribution is 6.32. The van der Waals surface area contributed by atoms with Crippen molar-refractivity contribution in [2.75, 3.05) is 6.61 Å². The van der Waals surface area contributed by atoms with E-state index in [2.05, 4.69) is 24.2 Å². The van der Waals surface area contributed by atoms with E-state index in [-0.39, 0.29) is 17.3 Å². The molecule has 1 heterocycles. The van der Waals surface area contributed by atoms with Gasteiger partial charge in [0.2, 0.25) is 0 Å². The molecule has 0 saturated carbocycles. The number of benzene rings is 2. The highest BCUT2D eigenvalue weighted by Crippen LogP contribution is 2.47. The molecule has 1 unspecified atom stereocenters. The quantitative estimate of drug-likeness (QED) is 0.475. The van der Waals surface area contributed by atoms with E-state index in [1.807, 2.05) is 42.1 Å². The third kappa shape index (κ3) is 4.00. The van der Waals surface area contributed by atoms with Crippen LogP contribution in [0.25, 0.3) is 11.8 Å². The van der Waals surface area contributed by atoms with Gasteiger partial charge in [0.1, 0.15) is 5.82 Å². The van der Waals surface area contributed by atoms with Gasteiger partial charge in [0.05, 0.1) is 23.7 Å². The molecule has 0 fully saturated rings. The van der Waals surface area contributed by atoms with E-state index >= 15 is 0 Å². The minimum atomic E-state index is -0.265. The number of nitrogens with zero attached hydrogens (tertiary/aromatic N) is 2. The van der Waals surface area contributed by atoms with Crippen LogP contribution in [0.5, 0.6) is 0 Å². The van der Waals surface area contributed by atoms with Crippen LogP contribution in [0.2, 0.25) is 0 Å². The van der Waals surface area contributed by atoms with Crippen molar-refractivity contribution in [1.29, 1.82) is 0 Å². The van der Waals surface area contributed by atoms with Crippen LogP contribution >= 0.6 is 11.6 Å². The number of hydrogen-bond acceptors (Lipinski definition) is 2. The van der Waals surface area contributed by atoms with Gasteiger partial charge in [-0.2, -0.15) is 5.10 Å². The molecule has 4 rings (SSSR count). The summed E-state index contributed by atoms with van der Waals surface area (Å²) in [6.07, 6.45) is 5.40. The van der Waals surface area contributed by atoms with Crippen molar-refractivity contribution in [3.05, 3.63) is 88.5 Å². The minimum absolute atomic E-state index is 0.0259. The number of halogens is 2. The van der Waals surface area contributed by atoms with Gasteiger partial charge in [0.15, 0.2) is 0 Å². The van der Waals surface area contributed by atoms with Crippen molar-refractivity contribution >= 4 is 17.7 Å². The van der Waals surface area contributed by atoms with Gasteiger partial charge >= 0.3 is 0 Å². The van der Waals surface area contributed by atoms with Gasteiger partial charge in [-0.3, -0.25) is 0 Å². The van der Waals surface area contributed by atoms with Crippen molar-refractivity contribution in [3.8, 4) is 5.69 Å². The fourth-order valence-electron chi connectivity index (χ4n) is 3.99. The summed E-state index contributed by atoms with van der Waals surface area (Å²) in [5.74, 6) is -0.265. The second-order valence-corrected chi connectivity index (χ2v) is 8.14. The predicted molar refractivity (Wildman–Crippen MR) is 115 cm³/mol. The standard InChI is InChI=1S/C24H24ClFN2O/c1-3-29-22(17-7-5-4-6-8-17)15-24(2)14-18-16-27-28(21(18)13-23(24)25)20-11-9-19(26)10-12-20/h4-13,16,22H,3,14-15H2,1-2H3/t22-,24?/m1/s1. The highest BCUT2D eigenvalue weighted by Gasteiger charge is 2.37. The first-order valence-electron chi connectivity index (χ1n) is 9.87. The molecule has 150 valence electrons. The second kappa shape index (κ2) is 8.13. The molecule has 3 aromatic rings. The van der Waals surface area contributed by atoms with E-state index < -0.39 is 0 Å². The van der Waals surface area contributed by atoms with Crippen LogP contribution in [0, 0.1) is 11.2 Å². The molecule has 1 aliphatic rings. The van der Waals surface area contributed by atoms with Crippen LogP contribution in [0.4, 0.5) is 4.39 Å². The van der Waals surface area contributed by atoms with E-state index in [1.165, 1.54) is 12.1 Å². The Morgan fingerprint density at radius 2 is 1.90 bits per heavy atom. The molecule has 0 bridgehead atoms. The summed E-state index contributed by atoms with van der Waals surface area (Å²) < 4.78 is 21.2. The summed E-state index contributed by atoms with van der Waals surface area (Å²) >= 11 is 6.83. The van der Waals surface area contributed by atoms with Crippen LogP contribution in [-0.4, -0.2) is 16.4 Å². The van der Waals surface area contributed by atoms with Crippen molar-refractivity contribution < 1.29 is 9.13 Å². The third-order valence-electron chi connectivity index (χ3n) is 5.55. The summed E-state index contributed by atoms with van der Waals surface area (Å²) in [6.45, 7) is 4.84. The Hall–Kier alpha value is -2.43. The Bertz CT molecular complexity index is 1010. The number of hydrogen-bond donors (Lipinski definition) is 0. The van der Waals surface area contributed by atoms with Crippen molar-refractivity contribution in [2.24, 2.45) is 5.41 Å². The maximum atomic E-state index is 13.3. The Labute approximate surface area is 175 Å². The minimum Gasteiger partial charge on any atom is -0.374 e. The van der Waals surface area contributed by atoms with E-state index in [0.29, 0.717) is 6.61 Å². The number of aromatic nitrogens is 2. The summed E-state index contributed by atoms with van der Waals surface area (Å²) in [7, 11) is 0. The normalized spacial score (nSPS) is 19.5. The molecule has 3 nitrogen and oxygen atoms in total. The van der Waals surface area contributed by atoms with Crippen LogP contribution in [0.3, 0.4) is 0 Å². The van der Waals surface area contributed by atoms with Crippen molar-refractivity contribution in [1.82, 2.24) is 9.78 Å². The van der Waals surface area contributed by atoms with Crippen molar-refractivity contribution in [2.45, 2.75) is 32.8 Å². The number of ether oxygens (including phenoxy) is 1. The lowest BCUT2D eigenvalue weighted by Gasteiger charge is -2.35. The molecule has 0 amide bonds. The number of rotatable bonds is 6. The molecule has 29 heavy (non-hydrogen) atoms. The first kappa shape index (κ1) is 19.9. The van der Waals surface area contributed by atoms with Gasteiger partial charge in [0, 0.05) is 17.1 Å². The smallest absolute Gasteiger partial charge is 0.123 e. The van der Waals surface area contributed by atoms with Crippen LogP contribution in [-0.2, 0) is 11.2 Å². The Morgan fingerprint density at radius 3 is 2.59 bits per heavy atom. The lowest BCUT2D eigenvalue weighted by atomic mass is 9.74. The molecule has 0 radical (unpaired) electrons. The van der Waals surface area contributed by atoms with Crippen LogP contribution in [0.1, 0.15) is 43.2 Å². The summed E-state index contributed by atoms with van der Waals surface area (Å²) in [5, 5.41) is 5.32. The van der Waals surface area contributed by atoms with Crippen LogP contribution < -0.4 is 0 Å². The fraction of sp³-hybridized carbons (Fsp3) is 0.292. The number of fused-ring (bicyclic) bond motifs is 1. The SMILES string of the molecule is CCO[C@H](CC1(C)Cc2cnn(-c3ccc(F)cc3)c2C=C1Cl)c1ccccc1. The average molecular weight is 411 g/mol. The van der Waals surface area contributed by atoms with E-state index in [0.717, 1.165) is 40.4 Å². The van der Waals surface area contributed by atoms with E-state index in [1.54, 1.807) is 12.1 Å². The molecule has 2 atom stereocenters. The Balaban J connectivity index is 1.64. The molecule has 0 spiro atoms. The predicted octanol–water partition coefficient (Wildman–Crippen LogP) is 6.32. The van der Waals surface area contributed by atoms with Gasteiger partial charge in [0.25, 0.3) is 0 Å². The number of allylic oxidation sites excluding steroid dienone is 1. The molecular weight excluding hydrogens is 387 g/mol. The molecule has 1 aliphatic carbocycles. The lowest BCUT2D eigenvalue weighted by Crippen LogP contribution is -2.27. The molecule has 5 heteroatoms. The summed E-state index contributed by atoms with van der Waals surface area (Å²) in [6, 6.07) is 16.6. The van der Waals surface area contributed by atoms with Crippen molar-refractivity contribution in [3.63, 3.8) is 0 Å². The average Bonchev–Trinajstić information content (AvgIpc) is 3.11. The van der Waals surface area contributed by atoms with E-state index in [4.69, 9.17) is 16.3 Å². The first-order valence-corrected chi connectivity index (χ1v) is 10.2. The molecule has 1 aromatic heterocycles. The lowest BCUT2D eigenvalue weighted by molar-refractivity contribution is 0.0337. The van der Waals surface area contributed by atoms with Gasteiger partial charge in [-0.05, 0) is 61.2 Å². The van der Waals surface area contributed by atoms with Gasteiger partial charge in [-0.15, -0.1) is 0 Å². The molecular formula is C24H24ClFN2O. The second-order valence-electron chi connectivity index (χ2n) is 7.73. The molecule has 0 N–H and O–H groups in total. The first-order chi connectivity index (χ1) is 14.0. The Kier molecular flexibility index (Phi) is 5.57. The molecule has 0 saturated heterocycles. The maximum absolute atomic E-state index is 13.3. The van der Waals surface area contributed by atoms with Gasteiger partial charge in [-0.1, -0.05) is 48.9 Å². The van der Waals surface area contributed by atoms with Gasteiger partial charge < -0.3 is 4.74 Å². The zero-order chi connectivity index (χ0) is 20.4. The fourth-order valence-corrected chi connectivity index (χ4v) is 4.24. The van der Waals surface area contributed by atoms with E-state index in [9.17, 15) is 4.39 Å². The zero-order valence-corrected chi connectivity index (χ0v) is 17.4. The summed E-state index contributed by atoms with van der Waals surface area (Å²) in [5.41, 5.74) is 3.80. The third-order valence-corrected chi connectivity index (χ3v) is 6.12. The summed E-state index contributed by atoms with van der Waals surface area (Å²) in [4.78, 5) is 0. The molecule has 0 aliphatic heterocycles. The van der Waals surface area contributed by atoms with Crippen LogP contribution in [0.15, 0.2) is 65.8 Å². The maximum Gasteiger partial charge on any atom is 0.123 e. The highest BCUT2D eigenvalue weighted by atomic mass is 35.5. The zero-order valence-electron chi connectivity index (χ0n) is 16.6. The molecule has 2 aromatic carbocycles.